The summed E-state index contributed by atoms with van der Waals surface area (Å²) in [5, 5.41) is 19.5. The fourth-order valence-electron chi connectivity index (χ4n) is 5.81. The number of benzene rings is 4. The molecule has 0 saturated heterocycles. The Morgan fingerprint density at radius 1 is 0.625 bits per heavy atom. The van der Waals surface area contributed by atoms with E-state index < -0.39 is 34.5 Å². The molecule has 0 bridgehead atoms. The highest BCUT2D eigenvalue weighted by Crippen LogP contribution is 2.56. The van der Waals surface area contributed by atoms with Crippen LogP contribution in [0.15, 0.2) is 84.9 Å². The van der Waals surface area contributed by atoms with E-state index in [0.29, 0.717) is 28.7 Å². The van der Waals surface area contributed by atoms with Crippen molar-refractivity contribution in [1.82, 2.24) is 0 Å². The third kappa shape index (κ3) is 6.44. The van der Waals surface area contributed by atoms with Gasteiger partial charge < -0.3 is 9.47 Å². The molecule has 0 aromatic heterocycles. The van der Waals surface area contributed by atoms with E-state index in [1.165, 1.54) is 6.07 Å². The van der Waals surface area contributed by atoms with Gasteiger partial charge in [-0.3, -0.25) is 0 Å². The summed E-state index contributed by atoms with van der Waals surface area (Å²) in [6, 6.07) is 21.5. The number of aryl methyl sites for hydroxylation is 1. The molecule has 0 spiro atoms. The molecule has 4 nitrogen and oxygen atoms in total. The maximum absolute atomic E-state index is 14.8. The minimum Gasteiger partial charge on any atom is -0.483 e. The summed E-state index contributed by atoms with van der Waals surface area (Å²) >= 11 is 0. The molecule has 0 fully saturated rings. The van der Waals surface area contributed by atoms with Crippen molar-refractivity contribution in [2.24, 2.45) is 0 Å². The molecular formula is C38H34F6N2O2. The first kappa shape index (κ1) is 35.9. The van der Waals surface area contributed by atoms with Crippen LogP contribution in [-0.4, -0.2) is 12.4 Å². The Morgan fingerprint density at radius 2 is 1.10 bits per heavy atom. The van der Waals surface area contributed by atoms with Crippen molar-refractivity contribution in [3.63, 3.8) is 0 Å². The molecule has 0 aliphatic rings. The quantitative estimate of drug-likeness (QED) is 0.167. The number of alkyl halides is 6. The molecule has 250 valence electrons. The van der Waals surface area contributed by atoms with Crippen LogP contribution >= 0.6 is 0 Å². The predicted molar refractivity (Wildman–Crippen MR) is 170 cm³/mol. The number of rotatable bonds is 9. The van der Waals surface area contributed by atoms with Crippen molar-refractivity contribution in [3.8, 4) is 29.4 Å². The fraction of sp³-hybridized carbons (Fsp3) is 0.316. The number of hydrogen-bond donors (Lipinski definition) is 0. The molecule has 0 amide bonds. The van der Waals surface area contributed by atoms with Gasteiger partial charge in [0, 0.05) is 5.56 Å². The number of nitriles is 2. The van der Waals surface area contributed by atoms with Gasteiger partial charge in [0.2, 0.25) is 5.41 Å². The molecule has 4 aromatic carbocycles. The van der Waals surface area contributed by atoms with Gasteiger partial charge in [0.25, 0.3) is 0 Å². The van der Waals surface area contributed by atoms with Crippen LogP contribution in [0, 0.1) is 29.6 Å². The maximum atomic E-state index is 14.8. The average molecular weight is 665 g/mol. The zero-order valence-corrected chi connectivity index (χ0v) is 27.3. The van der Waals surface area contributed by atoms with E-state index in [2.05, 4.69) is 12.1 Å². The second-order valence-corrected chi connectivity index (χ2v) is 12.6. The summed E-state index contributed by atoms with van der Waals surface area (Å²) in [6.07, 6.45) is -10.9. The lowest BCUT2D eigenvalue weighted by Crippen LogP contribution is -2.54. The molecule has 0 aliphatic heterocycles. The summed E-state index contributed by atoms with van der Waals surface area (Å²) in [6.45, 7) is 10.9. The Labute approximate surface area is 276 Å². The van der Waals surface area contributed by atoms with Crippen LogP contribution in [0.5, 0.6) is 17.2 Å². The van der Waals surface area contributed by atoms with Gasteiger partial charge in [-0.2, -0.15) is 36.9 Å². The molecular weight excluding hydrogens is 630 g/mol. The zero-order chi connectivity index (χ0) is 35.7. The van der Waals surface area contributed by atoms with Crippen molar-refractivity contribution >= 4 is 0 Å². The van der Waals surface area contributed by atoms with Crippen molar-refractivity contribution in [2.75, 3.05) is 0 Å². The first-order valence-electron chi connectivity index (χ1n) is 15.1. The maximum Gasteiger partial charge on any atom is 0.411 e. The summed E-state index contributed by atoms with van der Waals surface area (Å²) < 4.78 is 101. The lowest BCUT2D eigenvalue weighted by atomic mass is 9.73. The first-order chi connectivity index (χ1) is 22.3. The SMILES string of the molecule is CCC(C)(C)c1cccc(Oc2ccc(C(c3ccc(OC(C)(C)c4cccc(C)c4C#N)cc3)(C(F)(F)F)C(F)(F)F)cc2)c1C#N. The van der Waals surface area contributed by atoms with E-state index in [1.807, 2.05) is 20.8 Å². The molecule has 4 rings (SSSR count). The van der Waals surface area contributed by atoms with Gasteiger partial charge >= 0.3 is 12.4 Å². The predicted octanol–water partition coefficient (Wildman–Crippen LogP) is 10.9. The minimum atomic E-state index is -5.80. The molecule has 10 heteroatoms. The van der Waals surface area contributed by atoms with Gasteiger partial charge in [-0.05, 0) is 85.2 Å². The molecule has 0 atom stereocenters. The Hall–Kier alpha value is -4.96. The summed E-state index contributed by atoms with van der Waals surface area (Å²) in [5.74, 6) is 0.102. The number of hydrogen-bond acceptors (Lipinski definition) is 4. The zero-order valence-electron chi connectivity index (χ0n) is 27.3. The molecule has 0 N–H and O–H groups in total. The second-order valence-electron chi connectivity index (χ2n) is 12.6. The van der Waals surface area contributed by atoms with Crippen LogP contribution in [-0.2, 0) is 16.4 Å². The topological polar surface area (TPSA) is 66.0 Å². The smallest absolute Gasteiger partial charge is 0.411 e. The summed E-state index contributed by atoms with van der Waals surface area (Å²) in [5.41, 5.74) is -5.54. The van der Waals surface area contributed by atoms with Crippen LogP contribution in [0.4, 0.5) is 26.3 Å². The van der Waals surface area contributed by atoms with Crippen molar-refractivity contribution in [1.29, 1.82) is 10.5 Å². The minimum absolute atomic E-state index is 0.0120. The highest BCUT2D eigenvalue weighted by atomic mass is 19.4. The van der Waals surface area contributed by atoms with Gasteiger partial charge in [-0.15, -0.1) is 0 Å². The second kappa shape index (κ2) is 12.9. The van der Waals surface area contributed by atoms with E-state index in [4.69, 9.17) is 9.47 Å². The largest absolute Gasteiger partial charge is 0.483 e. The van der Waals surface area contributed by atoms with Gasteiger partial charge in [0.1, 0.15) is 28.9 Å². The van der Waals surface area contributed by atoms with Gasteiger partial charge in [-0.25, -0.2) is 0 Å². The molecule has 0 unspecified atom stereocenters. The van der Waals surface area contributed by atoms with Crippen LogP contribution in [0.3, 0.4) is 0 Å². The van der Waals surface area contributed by atoms with Gasteiger partial charge in [0.05, 0.1) is 17.2 Å². The highest BCUT2D eigenvalue weighted by Gasteiger charge is 2.72. The lowest BCUT2D eigenvalue weighted by molar-refractivity contribution is -0.288. The van der Waals surface area contributed by atoms with E-state index in [1.54, 1.807) is 51.1 Å². The Morgan fingerprint density at radius 3 is 1.58 bits per heavy atom. The number of nitrogens with zero attached hydrogens (tertiary/aromatic N) is 2. The third-order valence-electron chi connectivity index (χ3n) is 8.81. The molecule has 0 radical (unpaired) electrons. The Bertz CT molecular complexity index is 1850. The number of halogens is 6. The third-order valence-corrected chi connectivity index (χ3v) is 8.81. The van der Waals surface area contributed by atoms with Crippen molar-refractivity contribution < 1.29 is 35.8 Å². The molecule has 4 aromatic rings. The van der Waals surface area contributed by atoms with Crippen molar-refractivity contribution in [2.45, 2.75) is 76.7 Å². The van der Waals surface area contributed by atoms with E-state index >= 15 is 0 Å². The van der Waals surface area contributed by atoms with Gasteiger partial charge in [-0.1, -0.05) is 75.4 Å². The first-order valence-corrected chi connectivity index (χ1v) is 15.1. The lowest BCUT2D eigenvalue weighted by Gasteiger charge is -2.38. The number of ether oxygens (including phenoxy) is 2. The van der Waals surface area contributed by atoms with Crippen LogP contribution in [0.2, 0.25) is 0 Å². The van der Waals surface area contributed by atoms with Crippen LogP contribution in [0.1, 0.15) is 80.0 Å². The van der Waals surface area contributed by atoms with E-state index in [9.17, 15) is 36.9 Å². The normalized spacial score (nSPS) is 12.6. The molecule has 0 heterocycles. The average Bonchev–Trinajstić information content (AvgIpc) is 3.01. The Balaban J connectivity index is 1.74. The summed E-state index contributed by atoms with van der Waals surface area (Å²) in [7, 11) is 0. The standard InChI is InChI=1S/C38H34F6N2O2/c1-7-34(3,4)31-11-9-13-33(30(31)23-46)47-27-18-14-25(15-19-27)36(37(39,40)41,38(42,43)44)26-16-20-28(21-17-26)48-35(5,6)32-12-8-10-24(2)29(32)22-45/h8-21H,7H2,1-6H3. The highest BCUT2D eigenvalue weighted by molar-refractivity contribution is 5.54. The summed E-state index contributed by atoms with van der Waals surface area (Å²) in [4.78, 5) is 0. The fourth-order valence-corrected chi connectivity index (χ4v) is 5.81. The van der Waals surface area contributed by atoms with E-state index in [-0.39, 0.29) is 28.2 Å². The molecule has 0 aliphatic carbocycles. The van der Waals surface area contributed by atoms with Crippen LogP contribution < -0.4 is 9.47 Å². The van der Waals surface area contributed by atoms with Crippen molar-refractivity contribution in [3.05, 3.63) is 124 Å². The van der Waals surface area contributed by atoms with Crippen LogP contribution in [0.25, 0.3) is 0 Å². The molecule has 48 heavy (non-hydrogen) atoms. The Kier molecular flexibility index (Phi) is 9.66. The monoisotopic (exact) mass is 664 g/mol. The van der Waals surface area contributed by atoms with Gasteiger partial charge in [0.15, 0.2) is 0 Å². The molecule has 0 saturated carbocycles. The van der Waals surface area contributed by atoms with E-state index in [0.717, 1.165) is 48.5 Å².